The number of nitrogens with one attached hydrogen (secondary N) is 1. The molecule has 0 unspecified atom stereocenters. The van der Waals surface area contributed by atoms with E-state index in [-0.39, 0.29) is 0 Å². The van der Waals surface area contributed by atoms with E-state index < -0.39 is 0 Å². The van der Waals surface area contributed by atoms with Crippen LogP contribution >= 0.6 is 11.8 Å². The highest BCUT2D eigenvalue weighted by atomic mass is 32.2. The van der Waals surface area contributed by atoms with Crippen molar-refractivity contribution in [1.82, 2.24) is 9.97 Å². The number of anilines is 1. The number of hydrogen-bond acceptors (Lipinski definition) is 4. The van der Waals surface area contributed by atoms with Gasteiger partial charge in [-0.2, -0.15) is 0 Å². The fourth-order valence-corrected chi connectivity index (χ4v) is 3.09. The molecule has 0 atom stereocenters. The maximum absolute atomic E-state index is 4.29. The minimum Gasteiger partial charge on any atom is -0.373 e. The lowest BCUT2D eigenvalue weighted by Gasteiger charge is -2.20. The average molecular weight is 223 g/mol. The molecule has 0 spiro atoms. The van der Waals surface area contributed by atoms with E-state index in [1.54, 1.807) is 6.33 Å². The van der Waals surface area contributed by atoms with Gasteiger partial charge in [0, 0.05) is 18.4 Å². The van der Waals surface area contributed by atoms with E-state index in [9.17, 15) is 0 Å². The average Bonchev–Trinajstić information content (AvgIpc) is 2.31. The van der Waals surface area contributed by atoms with Crippen molar-refractivity contribution >= 4 is 17.6 Å². The second-order valence-electron chi connectivity index (χ2n) is 3.87. The van der Waals surface area contributed by atoms with Crippen molar-refractivity contribution < 1.29 is 0 Å². The van der Waals surface area contributed by atoms with Crippen LogP contribution in [0.1, 0.15) is 32.1 Å². The molecular weight excluding hydrogens is 206 g/mol. The Morgan fingerprint density at radius 3 is 2.80 bits per heavy atom. The first-order valence-corrected chi connectivity index (χ1v) is 6.43. The normalized spacial score (nSPS) is 17.7. The van der Waals surface area contributed by atoms with Crippen LogP contribution in [0.3, 0.4) is 0 Å². The van der Waals surface area contributed by atoms with Gasteiger partial charge >= 0.3 is 0 Å². The summed E-state index contributed by atoms with van der Waals surface area (Å²) in [5.74, 6) is 0.906. The highest BCUT2D eigenvalue weighted by molar-refractivity contribution is 7.99. The van der Waals surface area contributed by atoms with Crippen LogP contribution in [-0.2, 0) is 0 Å². The first kappa shape index (κ1) is 10.7. The number of rotatable bonds is 3. The molecule has 1 saturated carbocycles. The third-order valence-electron chi connectivity index (χ3n) is 2.74. The SMILES string of the molecule is CNc1cc(SC2CCCCC2)ncn1. The van der Waals surface area contributed by atoms with Crippen LogP contribution in [0.25, 0.3) is 0 Å². The van der Waals surface area contributed by atoms with Crippen molar-refractivity contribution in [2.24, 2.45) is 0 Å². The Morgan fingerprint density at radius 1 is 1.27 bits per heavy atom. The number of hydrogen-bond donors (Lipinski definition) is 1. The summed E-state index contributed by atoms with van der Waals surface area (Å²) in [7, 11) is 1.89. The summed E-state index contributed by atoms with van der Waals surface area (Å²) in [6.07, 6.45) is 8.47. The molecule has 0 bridgehead atoms. The van der Waals surface area contributed by atoms with Crippen molar-refractivity contribution in [1.29, 1.82) is 0 Å². The van der Waals surface area contributed by atoms with E-state index in [2.05, 4.69) is 15.3 Å². The highest BCUT2D eigenvalue weighted by Gasteiger charge is 2.15. The van der Waals surface area contributed by atoms with E-state index in [1.807, 2.05) is 24.9 Å². The molecule has 1 aromatic rings. The van der Waals surface area contributed by atoms with Crippen LogP contribution in [0.4, 0.5) is 5.82 Å². The van der Waals surface area contributed by atoms with Crippen LogP contribution in [0.15, 0.2) is 17.4 Å². The van der Waals surface area contributed by atoms with Gasteiger partial charge in [0.1, 0.15) is 17.2 Å². The van der Waals surface area contributed by atoms with Gasteiger partial charge in [0.15, 0.2) is 0 Å². The summed E-state index contributed by atoms with van der Waals surface area (Å²) >= 11 is 1.90. The Balaban J connectivity index is 1.96. The molecule has 0 aliphatic heterocycles. The summed E-state index contributed by atoms with van der Waals surface area (Å²) in [6, 6.07) is 2.03. The maximum atomic E-state index is 4.29. The van der Waals surface area contributed by atoms with Crippen LogP contribution in [-0.4, -0.2) is 22.3 Å². The lowest BCUT2D eigenvalue weighted by atomic mass is 10.0. The molecule has 1 aliphatic carbocycles. The van der Waals surface area contributed by atoms with Gasteiger partial charge in [-0.15, -0.1) is 11.8 Å². The Morgan fingerprint density at radius 2 is 2.07 bits per heavy atom. The van der Waals surface area contributed by atoms with Crippen molar-refractivity contribution in [3.05, 3.63) is 12.4 Å². The standard InChI is InChI=1S/C11H17N3S/c1-12-10-7-11(14-8-13-10)15-9-5-3-2-4-6-9/h7-9H,2-6H2,1H3,(H,12,13,14). The third-order valence-corrected chi connectivity index (χ3v) is 4.01. The molecule has 1 N–H and O–H groups in total. The quantitative estimate of drug-likeness (QED) is 0.799. The largest absolute Gasteiger partial charge is 0.373 e. The summed E-state index contributed by atoms with van der Waals surface area (Å²) in [6.45, 7) is 0. The molecular formula is C11H17N3S. The lowest BCUT2D eigenvalue weighted by molar-refractivity contribution is 0.515. The lowest BCUT2D eigenvalue weighted by Crippen LogP contribution is -2.08. The maximum Gasteiger partial charge on any atom is 0.130 e. The van der Waals surface area contributed by atoms with Gasteiger partial charge in [0.25, 0.3) is 0 Å². The zero-order valence-electron chi connectivity index (χ0n) is 9.07. The molecule has 0 saturated heterocycles. The first-order valence-electron chi connectivity index (χ1n) is 5.55. The van der Waals surface area contributed by atoms with Crippen LogP contribution < -0.4 is 5.32 Å². The molecule has 15 heavy (non-hydrogen) atoms. The Kier molecular flexibility index (Phi) is 3.83. The summed E-state index contributed by atoms with van der Waals surface area (Å²) < 4.78 is 0. The van der Waals surface area contributed by atoms with E-state index >= 15 is 0 Å². The topological polar surface area (TPSA) is 37.8 Å². The summed E-state index contributed by atoms with van der Waals surface area (Å²) in [5.41, 5.74) is 0. The van der Waals surface area contributed by atoms with Gasteiger partial charge in [0.05, 0.1) is 0 Å². The minimum atomic E-state index is 0.762. The van der Waals surface area contributed by atoms with Crippen molar-refractivity contribution in [2.75, 3.05) is 12.4 Å². The molecule has 1 heterocycles. The molecule has 1 aromatic heterocycles. The van der Waals surface area contributed by atoms with Crippen molar-refractivity contribution in [2.45, 2.75) is 42.4 Å². The highest BCUT2D eigenvalue weighted by Crippen LogP contribution is 2.32. The van der Waals surface area contributed by atoms with Gasteiger partial charge < -0.3 is 5.32 Å². The molecule has 0 radical (unpaired) electrons. The predicted octanol–water partition coefficient (Wildman–Crippen LogP) is 2.94. The fourth-order valence-electron chi connectivity index (χ4n) is 1.89. The molecule has 3 nitrogen and oxygen atoms in total. The van der Waals surface area contributed by atoms with E-state index in [4.69, 9.17) is 0 Å². The molecule has 4 heteroatoms. The van der Waals surface area contributed by atoms with E-state index in [0.29, 0.717) is 0 Å². The van der Waals surface area contributed by atoms with Gasteiger partial charge in [-0.3, -0.25) is 0 Å². The molecule has 82 valence electrons. The summed E-state index contributed by atoms with van der Waals surface area (Å²) in [5, 5.41) is 4.90. The summed E-state index contributed by atoms with van der Waals surface area (Å²) in [4.78, 5) is 8.41. The van der Waals surface area contributed by atoms with Crippen LogP contribution in [0, 0.1) is 0 Å². The van der Waals surface area contributed by atoms with Gasteiger partial charge in [-0.25, -0.2) is 9.97 Å². The smallest absolute Gasteiger partial charge is 0.130 e. The van der Waals surface area contributed by atoms with Gasteiger partial charge in [-0.05, 0) is 12.8 Å². The zero-order valence-corrected chi connectivity index (χ0v) is 9.89. The van der Waals surface area contributed by atoms with E-state index in [0.717, 1.165) is 16.1 Å². The fraction of sp³-hybridized carbons (Fsp3) is 0.636. The second-order valence-corrected chi connectivity index (χ2v) is 5.19. The molecule has 1 aliphatic rings. The van der Waals surface area contributed by atoms with E-state index in [1.165, 1.54) is 32.1 Å². The number of thioether (sulfide) groups is 1. The molecule has 1 fully saturated rings. The van der Waals surface area contributed by atoms with Gasteiger partial charge in [0.2, 0.25) is 0 Å². The number of aromatic nitrogens is 2. The Bertz CT molecular complexity index is 310. The molecule has 2 rings (SSSR count). The molecule has 0 aromatic carbocycles. The monoisotopic (exact) mass is 223 g/mol. The van der Waals surface area contributed by atoms with Crippen molar-refractivity contribution in [3.63, 3.8) is 0 Å². The van der Waals surface area contributed by atoms with Crippen LogP contribution in [0.5, 0.6) is 0 Å². The number of nitrogens with zero attached hydrogens (tertiary/aromatic N) is 2. The zero-order chi connectivity index (χ0) is 10.5. The van der Waals surface area contributed by atoms with Crippen molar-refractivity contribution in [3.8, 4) is 0 Å². The predicted molar refractivity (Wildman–Crippen MR) is 64.3 cm³/mol. The Hall–Kier alpha value is -0.770. The molecule has 0 amide bonds. The minimum absolute atomic E-state index is 0.762. The Labute approximate surface area is 95.1 Å². The second kappa shape index (κ2) is 5.35. The third kappa shape index (κ3) is 3.09. The van der Waals surface area contributed by atoms with Crippen LogP contribution in [0.2, 0.25) is 0 Å². The first-order chi connectivity index (χ1) is 7.38. The van der Waals surface area contributed by atoms with Gasteiger partial charge in [-0.1, -0.05) is 19.3 Å².